The average molecular weight is 373 g/mol. The summed E-state index contributed by atoms with van der Waals surface area (Å²) in [7, 11) is 0. The SMILES string of the molecule is O=C1Nc2ccc(Br)cc2/C1=N/N=C/c1cccc([N+](=O)[O-])c1. The number of nitro benzene ring substituents is 1. The highest BCUT2D eigenvalue weighted by atomic mass is 79.9. The van der Waals surface area contributed by atoms with Crippen LogP contribution >= 0.6 is 15.9 Å². The van der Waals surface area contributed by atoms with Crippen LogP contribution in [0.4, 0.5) is 11.4 Å². The fourth-order valence-corrected chi connectivity index (χ4v) is 2.46. The summed E-state index contributed by atoms with van der Waals surface area (Å²) in [5.41, 5.74) is 2.01. The van der Waals surface area contributed by atoms with E-state index >= 15 is 0 Å². The number of carbonyl (C=O) groups excluding carboxylic acids is 1. The summed E-state index contributed by atoms with van der Waals surface area (Å²) >= 11 is 3.34. The summed E-state index contributed by atoms with van der Waals surface area (Å²) < 4.78 is 0.822. The number of benzene rings is 2. The van der Waals surface area contributed by atoms with Crippen LogP contribution in [0.25, 0.3) is 0 Å². The van der Waals surface area contributed by atoms with E-state index in [9.17, 15) is 14.9 Å². The molecule has 7 nitrogen and oxygen atoms in total. The van der Waals surface area contributed by atoms with E-state index < -0.39 is 4.92 Å². The quantitative estimate of drug-likeness (QED) is 0.509. The third-order valence-corrected chi connectivity index (χ3v) is 3.64. The zero-order chi connectivity index (χ0) is 16.4. The highest BCUT2D eigenvalue weighted by molar-refractivity contribution is 9.10. The van der Waals surface area contributed by atoms with Gasteiger partial charge >= 0.3 is 0 Å². The average Bonchev–Trinajstić information content (AvgIpc) is 2.83. The number of hydrogen-bond acceptors (Lipinski definition) is 5. The van der Waals surface area contributed by atoms with Crippen LogP contribution in [-0.2, 0) is 4.79 Å². The molecule has 0 aliphatic carbocycles. The second kappa shape index (κ2) is 6.09. The number of nitro groups is 1. The highest BCUT2D eigenvalue weighted by Gasteiger charge is 2.26. The topological polar surface area (TPSA) is 97.0 Å². The van der Waals surface area contributed by atoms with Gasteiger partial charge in [-0.05, 0) is 18.2 Å². The van der Waals surface area contributed by atoms with E-state index in [4.69, 9.17) is 0 Å². The maximum atomic E-state index is 11.9. The molecule has 0 radical (unpaired) electrons. The second-order valence-corrected chi connectivity index (χ2v) is 5.60. The first-order valence-electron chi connectivity index (χ1n) is 6.51. The van der Waals surface area contributed by atoms with Crippen LogP contribution in [0.3, 0.4) is 0 Å². The molecule has 0 atom stereocenters. The molecule has 1 aliphatic rings. The molecule has 2 aromatic carbocycles. The molecular formula is C15H9BrN4O3. The minimum absolute atomic E-state index is 0.0329. The Morgan fingerprint density at radius 3 is 2.83 bits per heavy atom. The summed E-state index contributed by atoms with van der Waals surface area (Å²) in [6.45, 7) is 0. The van der Waals surface area contributed by atoms with Crippen molar-refractivity contribution in [3.05, 3.63) is 68.2 Å². The van der Waals surface area contributed by atoms with Crippen LogP contribution in [0.5, 0.6) is 0 Å². The van der Waals surface area contributed by atoms with E-state index in [-0.39, 0.29) is 17.3 Å². The molecule has 0 spiro atoms. The van der Waals surface area contributed by atoms with Crippen LogP contribution in [0.15, 0.2) is 57.1 Å². The molecule has 0 fully saturated rings. The maximum absolute atomic E-state index is 11.9. The van der Waals surface area contributed by atoms with E-state index in [2.05, 4.69) is 31.4 Å². The van der Waals surface area contributed by atoms with Crippen molar-refractivity contribution in [2.45, 2.75) is 0 Å². The molecule has 0 aromatic heterocycles. The number of nitrogens with zero attached hydrogens (tertiary/aromatic N) is 3. The Kier molecular flexibility index (Phi) is 3.98. The zero-order valence-electron chi connectivity index (χ0n) is 11.6. The van der Waals surface area contributed by atoms with Crippen molar-refractivity contribution in [1.29, 1.82) is 0 Å². The van der Waals surface area contributed by atoms with Crippen molar-refractivity contribution in [3.63, 3.8) is 0 Å². The van der Waals surface area contributed by atoms with Crippen molar-refractivity contribution in [1.82, 2.24) is 0 Å². The monoisotopic (exact) mass is 372 g/mol. The van der Waals surface area contributed by atoms with Gasteiger partial charge in [0.25, 0.3) is 11.6 Å². The van der Waals surface area contributed by atoms with Gasteiger partial charge in [0.1, 0.15) is 0 Å². The van der Waals surface area contributed by atoms with Crippen LogP contribution in [0, 0.1) is 10.1 Å². The lowest BCUT2D eigenvalue weighted by Gasteiger charge is -1.97. The van der Waals surface area contributed by atoms with Gasteiger partial charge in [-0.25, -0.2) is 0 Å². The van der Waals surface area contributed by atoms with E-state index in [0.29, 0.717) is 16.8 Å². The second-order valence-electron chi connectivity index (χ2n) is 4.69. The van der Waals surface area contributed by atoms with E-state index in [1.807, 2.05) is 6.07 Å². The van der Waals surface area contributed by atoms with Gasteiger partial charge < -0.3 is 5.32 Å². The third kappa shape index (κ3) is 3.16. The predicted octanol–water partition coefficient (Wildman–Crippen LogP) is 3.13. The van der Waals surface area contributed by atoms with Crippen LogP contribution < -0.4 is 5.32 Å². The van der Waals surface area contributed by atoms with Crippen LogP contribution in [0.1, 0.15) is 11.1 Å². The Morgan fingerprint density at radius 1 is 1.22 bits per heavy atom. The summed E-state index contributed by atoms with van der Waals surface area (Å²) in [5.74, 6) is -0.339. The molecule has 1 amide bonds. The minimum atomic E-state index is -0.485. The predicted molar refractivity (Wildman–Crippen MR) is 90.0 cm³/mol. The summed E-state index contributed by atoms with van der Waals surface area (Å²) in [6.07, 6.45) is 1.36. The molecule has 8 heteroatoms. The normalized spacial score (nSPS) is 15.0. The van der Waals surface area contributed by atoms with Crippen molar-refractivity contribution in [2.75, 3.05) is 5.32 Å². The van der Waals surface area contributed by atoms with Gasteiger partial charge in [0, 0.05) is 27.7 Å². The lowest BCUT2D eigenvalue weighted by Crippen LogP contribution is -2.13. The number of anilines is 1. The molecule has 0 bridgehead atoms. The number of amides is 1. The Balaban J connectivity index is 1.89. The zero-order valence-corrected chi connectivity index (χ0v) is 13.1. The van der Waals surface area contributed by atoms with Gasteiger partial charge in [-0.1, -0.05) is 28.1 Å². The van der Waals surface area contributed by atoms with Gasteiger partial charge in [-0.3, -0.25) is 14.9 Å². The largest absolute Gasteiger partial charge is 0.320 e. The van der Waals surface area contributed by atoms with E-state index in [0.717, 1.165) is 4.47 Å². The molecular weight excluding hydrogens is 364 g/mol. The van der Waals surface area contributed by atoms with Crippen molar-refractivity contribution in [3.8, 4) is 0 Å². The molecule has 1 N–H and O–H groups in total. The number of rotatable bonds is 3. The number of nitrogens with one attached hydrogen (secondary N) is 1. The smallest absolute Gasteiger partial charge is 0.276 e. The number of hydrogen-bond donors (Lipinski definition) is 1. The number of carbonyl (C=O) groups is 1. The Morgan fingerprint density at radius 2 is 2.04 bits per heavy atom. The van der Waals surface area contributed by atoms with Gasteiger partial charge in [-0.15, -0.1) is 5.10 Å². The molecule has 0 saturated heterocycles. The van der Waals surface area contributed by atoms with Gasteiger partial charge in [-0.2, -0.15) is 5.10 Å². The lowest BCUT2D eigenvalue weighted by molar-refractivity contribution is -0.384. The first-order chi connectivity index (χ1) is 11.0. The molecule has 3 rings (SSSR count). The Bertz CT molecular complexity index is 877. The molecule has 0 saturated carbocycles. The Labute approximate surface area is 139 Å². The molecule has 0 unspecified atom stereocenters. The van der Waals surface area contributed by atoms with E-state index in [1.165, 1.54) is 18.3 Å². The molecule has 1 heterocycles. The van der Waals surface area contributed by atoms with Gasteiger partial charge in [0.15, 0.2) is 5.71 Å². The fraction of sp³-hybridized carbons (Fsp3) is 0. The Hall–Kier alpha value is -2.87. The first kappa shape index (κ1) is 15.0. The minimum Gasteiger partial charge on any atom is -0.320 e. The first-order valence-corrected chi connectivity index (χ1v) is 7.30. The molecule has 1 aliphatic heterocycles. The van der Waals surface area contributed by atoms with Crippen molar-refractivity contribution >= 4 is 45.1 Å². The maximum Gasteiger partial charge on any atom is 0.276 e. The van der Waals surface area contributed by atoms with Gasteiger partial charge in [0.2, 0.25) is 0 Å². The number of fused-ring (bicyclic) bond motifs is 1. The van der Waals surface area contributed by atoms with Crippen molar-refractivity contribution < 1.29 is 9.72 Å². The highest BCUT2D eigenvalue weighted by Crippen LogP contribution is 2.26. The van der Waals surface area contributed by atoms with E-state index in [1.54, 1.807) is 24.3 Å². The summed E-state index contributed by atoms with van der Waals surface area (Å²) in [4.78, 5) is 22.1. The standard InChI is InChI=1S/C15H9BrN4O3/c16-10-4-5-13-12(7-10)14(15(21)18-13)19-17-8-9-2-1-3-11(6-9)20(22)23/h1-8H,(H,18,19,21)/b17-8+. The van der Waals surface area contributed by atoms with Crippen LogP contribution in [-0.4, -0.2) is 22.8 Å². The molecule has 23 heavy (non-hydrogen) atoms. The number of non-ortho nitro benzene ring substituents is 1. The fourth-order valence-electron chi connectivity index (χ4n) is 2.10. The molecule has 2 aromatic rings. The van der Waals surface area contributed by atoms with Gasteiger partial charge in [0.05, 0.1) is 16.8 Å². The third-order valence-electron chi connectivity index (χ3n) is 3.15. The lowest BCUT2D eigenvalue weighted by atomic mass is 10.1. The summed E-state index contributed by atoms with van der Waals surface area (Å²) in [5, 5.41) is 21.2. The van der Waals surface area contributed by atoms with Crippen molar-refractivity contribution in [2.24, 2.45) is 10.2 Å². The summed E-state index contributed by atoms with van der Waals surface area (Å²) in [6, 6.07) is 11.3. The molecule has 114 valence electrons. The van der Waals surface area contributed by atoms with Crippen LogP contribution in [0.2, 0.25) is 0 Å². The number of halogens is 1.